The molecular formula is C17H29N3O3. The van der Waals surface area contributed by atoms with Gasteiger partial charge in [0.05, 0.1) is 0 Å². The van der Waals surface area contributed by atoms with Gasteiger partial charge >= 0.3 is 0 Å². The number of amides is 2. The van der Waals surface area contributed by atoms with Gasteiger partial charge in [-0.3, -0.25) is 9.59 Å². The van der Waals surface area contributed by atoms with Gasteiger partial charge in [-0.05, 0) is 50.5 Å². The zero-order valence-electron chi connectivity index (χ0n) is 14.1. The summed E-state index contributed by atoms with van der Waals surface area (Å²) in [6, 6.07) is -0.305. The minimum atomic E-state index is -0.337. The molecule has 2 amide bonds. The Morgan fingerprint density at radius 2 is 2.00 bits per heavy atom. The molecule has 6 nitrogen and oxygen atoms in total. The Labute approximate surface area is 138 Å². The molecule has 0 spiro atoms. The van der Waals surface area contributed by atoms with Crippen molar-refractivity contribution in [1.82, 2.24) is 9.80 Å². The van der Waals surface area contributed by atoms with Gasteiger partial charge in [0.25, 0.3) is 5.91 Å². The molecule has 0 aliphatic carbocycles. The molecule has 2 N–H and O–H groups in total. The van der Waals surface area contributed by atoms with E-state index in [1.807, 2.05) is 4.90 Å². The zero-order chi connectivity index (χ0) is 16.4. The lowest BCUT2D eigenvalue weighted by Crippen LogP contribution is -2.55. The second-order valence-corrected chi connectivity index (χ2v) is 7.57. The summed E-state index contributed by atoms with van der Waals surface area (Å²) in [5.41, 5.74) is 5.87. The van der Waals surface area contributed by atoms with Gasteiger partial charge < -0.3 is 20.3 Å². The van der Waals surface area contributed by atoms with Crippen molar-refractivity contribution in [2.24, 2.45) is 11.1 Å². The van der Waals surface area contributed by atoms with Gasteiger partial charge in [-0.25, -0.2) is 0 Å². The fourth-order valence-corrected chi connectivity index (χ4v) is 4.00. The van der Waals surface area contributed by atoms with E-state index in [2.05, 4.69) is 6.92 Å². The minimum Gasteiger partial charge on any atom is -0.368 e. The Morgan fingerprint density at radius 1 is 1.17 bits per heavy atom. The molecule has 3 fully saturated rings. The summed E-state index contributed by atoms with van der Waals surface area (Å²) < 4.78 is 5.54. The van der Waals surface area contributed by atoms with Crippen molar-refractivity contribution in [3.8, 4) is 0 Å². The van der Waals surface area contributed by atoms with E-state index in [0.717, 1.165) is 45.1 Å². The first-order valence-corrected chi connectivity index (χ1v) is 8.95. The van der Waals surface area contributed by atoms with Gasteiger partial charge in [0, 0.05) is 26.2 Å². The van der Waals surface area contributed by atoms with Crippen LogP contribution in [-0.2, 0) is 14.3 Å². The van der Waals surface area contributed by atoms with E-state index < -0.39 is 0 Å². The average Bonchev–Trinajstić information content (AvgIpc) is 3.24. The number of hydrogen-bond acceptors (Lipinski definition) is 4. The van der Waals surface area contributed by atoms with Crippen LogP contribution in [0.15, 0.2) is 0 Å². The molecule has 0 aromatic rings. The second-order valence-electron chi connectivity index (χ2n) is 7.57. The minimum absolute atomic E-state index is 0.0151. The van der Waals surface area contributed by atoms with Gasteiger partial charge in [0.15, 0.2) is 0 Å². The maximum Gasteiger partial charge on any atom is 0.252 e. The van der Waals surface area contributed by atoms with Gasteiger partial charge in [-0.1, -0.05) is 6.92 Å². The van der Waals surface area contributed by atoms with Crippen LogP contribution in [-0.4, -0.2) is 66.5 Å². The van der Waals surface area contributed by atoms with Crippen LogP contribution in [0.4, 0.5) is 0 Å². The van der Waals surface area contributed by atoms with E-state index in [1.54, 1.807) is 4.90 Å². The Kier molecular flexibility index (Phi) is 4.92. The largest absolute Gasteiger partial charge is 0.368 e. The summed E-state index contributed by atoms with van der Waals surface area (Å²) in [5.74, 6) is 0.120. The molecule has 23 heavy (non-hydrogen) atoms. The number of rotatable bonds is 3. The molecule has 3 saturated heterocycles. The normalized spacial score (nSPS) is 34.9. The maximum absolute atomic E-state index is 13.0. The molecule has 6 heteroatoms. The third kappa shape index (κ3) is 3.38. The Morgan fingerprint density at radius 3 is 2.65 bits per heavy atom. The summed E-state index contributed by atoms with van der Waals surface area (Å²) in [7, 11) is 0. The summed E-state index contributed by atoms with van der Waals surface area (Å²) in [6.45, 7) is 5.53. The molecule has 0 radical (unpaired) electrons. The lowest BCUT2D eigenvalue weighted by atomic mass is 9.90. The fourth-order valence-electron chi connectivity index (χ4n) is 4.00. The van der Waals surface area contributed by atoms with Gasteiger partial charge in [-0.15, -0.1) is 0 Å². The highest BCUT2D eigenvalue weighted by Crippen LogP contribution is 2.31. The van der Waals surface area contributed by atoms with E-state index in [4.69, 9.17) is 10.5 Å². The number of carbonyl (C=O) groups is 2. The van der Waals surface area contributed by atoms with E-state index in [1.165, 1.54) is 0 Å². The number of carbonyl (C=O) groups excluding carboxylic acids is 2. The lowest BCUT2D eigenvalue weighted by molar-refractivity contribution is -0.153. The first-order valence-electron chi connectivity index (χ1n) is 8.95. The summed E-state index contributed by atoms with van der Waals surface area (Å²) >= 11 is 0. The molecule has 0 saturated carbocycles. The van der Waals surface area contributed by atoms with Crippen molar-refractivity contribution >= 4 is 11.8 Å². The highest BCUT2D eigenvalue weighted by Gasteiger charge is 2.42. The quantitative estimate of drug-likeness (QED) is 0.831. The molecule has 3 unspecified atom stereocenters. The highest BCUT2D eigenvalue weighted by molar-refractivity contribution is 5.90. The molecule has 0 bridgehead atoms. The van der Waals surface area contributed by atoms with Crippen molar-refractivity contribution in [1.29, 1.82) is 0 Å². The van der Waals surface area contributed by atoms with E-state index in [9.17, 15) is 9.59 Å². The van der Waals surface area contributed by atoms with Crippen LogP contribution >= 0.6 is 0 Å². The van der Waals surface area contributed by atoms with Crippen molar-refractivity contribution in [3.63, 3.8) is 0 Å². The number of ether oxygens (including phenoxy) is 1. The van der Waals surface area contributed by atoms with Crippen LogP contribution in [0.25, 0.3) is 0 Å². The third-order valence-corrected chi connectivity index (χ3v) is 5.64. The topological polar surface area (TPSA) is 75.9 Å². The summed E-state index contributed by atoms with van der Waals surface area (Å²) in [6.07, 6.45) is 5.08. The van der Waals surface area contributed by atoms with Crippen molar-refractivity contribution in [3.05, 3.63) is 0 Å². The molecule has 0 aromatic carbocycles. The summed E-state index contributed by atoms with van der Waals surface area (Å²) in [5, 5.41) is 0. The molecular weight excluding hydrogens is 294 g/mol. The first kappa shape index (κ1) is 16.7. The number of nitrogens with zero attached hydrogens (tertiary/aromatic N) is 2. The van der Waals surface area contributed by atoms with Crippen LogP contribution in [0.5, 0.6) is 0 Å². The molecule has 0 aromatic heterocycles. The van der Waals surface area contributed by atoms with Crippen LogP contribution in [0.2, 0.25) is 0 Å². The van der Waals surface area contributed by atoms with Crippen molar-refractivity contribution in [2.45, 2.75) is 57.6 Å². The second kappa shape index (κ2) is 6.77. The standard InChI is InChI=1S/C17H29N3O3/c1-17(11-18)7-9-19(12-17)15(21)13-5-2-3-8-20(13)16(22)14-6-4-10-23-14/h13-14H,2-12,18H2,1H3. The number of hydrogen-bond donors (Lipinski definition) is 1. The lowest BCUT2D eigenvalue weighted by Gasteiger charge is -2.38. The van der Waals surface area contributed by atoms with Crippen LogP contribution < -0.4 is 5.73 Å². The SMILES string of the molecule is CC1(CN)CCN(C(=O)C2CCCCN2C(=O)C2CCCO2)C1. The molecule has 3 heterocycles. The molecule has 3 aliphatic rings. The third-order valence-electron chi connectivity index (χ3n) is 5.64. The number of likely N-dealkylation sites (tertiary alicyclic amines) is 2. The molecule has 130 valence electrons. The van der Waals surface area contributed by atoms with Crippen LogP contribution in [0.1, 0.15) is 45.4 Å². The van der Waals surface area contributed by atoms with Gasteiger partial charge in [0.2, 0.25) is 5.91 Å². The average molecular weight is 323 g/mol. The van der Waals surface area contributed by atoms with Crippen LogP contribution in [0, 0.1) is 5.41 Å². The van der Waals surface area contributed by atoms with Gasteiger partial charge in [-0.2, -0.15) is 0 Å². The molecule has 3 aliphatic heterocycles. The van der Waals surface area contributed by atoms with E-state index in [0.29, 0.717) is 26.2 Å². The smallest absolute Gasteiger partial charge is 0.252 e. The predicted molar refractivity (Wildman–Crippen MR) is 86.7 cm³/mol. The number of nitrogens with two attached hydrogens (primary N) is 1. The predicted octanol–water partition coefficient (Wildman–Crippen LogP) is 0.744. The van der Waals surface area contributed by atoms with E-state index >= 15 is 0 Å². The van der Waals surface area contributed by atoms with Gasteiger partial charge in [0.1, 0.15) is 12.1 Å². The van der Waals surface area contributed by atoms with Crippen LogP contribution in [0.3, 0.4) is 0 Å². The highest BCUT2D eigenvalue weighted by atomic mass is 16.5. The Balaban J connectivity index is 1.68. The zero-order valence-corrected chi connectivity index (χ0v) is 14.1. The monoisotopic (exact) mass is 323 g/mol. The van der Waals surface area contributed by atoms with Crippen molar-refractivity contribution in [2.75, 3.05) is 32.8 Å². The van der Waals surface area contributed by atoms with E-state index in [-0.39, 0.29) is 29.4 Å². The number of piperidine rings is 1. The molecule has 3 rings (SSSR count). The Bertz CT molecular complexity index is 464. The molecule has 3 atom stereocenters. The Hall–Kier alpha value is -1.14. The summed E-state index contributed by atoms with van der Waals surface area (Å²) in [4.78, 5) is 29.4. The van der Waals surface area contributed by atoms with Crippen molar-refractivity contribution < 1.29 is 14.3 Å². The maximum atomic E-state index is 13.0. The first-order chi connectivity index (χ1) is 11.0. The fraction of sp³-hybridized carbons (Fsp3) is 0.882.